The first-order valence-corrected chi connectivity index (χ1v) is 12.6. The maximum atomic E-state index is 14.2. The van der Waals surface area contributed by atoms with Gasteiger partial charge in [0, 0.05) is 16.8 Å². The Morgan fingerprint density at radius 1 is 0.946 bits per heavy atom. The molecule has 0 radical (unpaired) electrons. The van der Waals surface area contributed by atoms with Crippen molar-refractivity contribution in [3.63, 3.8) is 0 Å². The van der Waals surface area contributed by atoms with Crippen LogP contribution in [0.5, 0.6) is 17.2 Å². The van der Waals surface area contributed by atoms with Gasteiger partial charge in [0.25, 0.3) is 10.0 Å². The van der Waals surface area contributed by atoms with E-state index in [-0.39, 0.29) is 11.4 Å². The van der Waals surface area contributed by atoms with Gasteiger partial charge in [-0.1, -0.05) is 36.4 Å². The lowest BCUT2D eigenvalue weighted by molar-refractivity contribution is -0.0496. The molecule has 0 aliphatic carbocycles. The monoisotopic (exact) mass is 527 g/mol. The number of anilines is 1. The SMILES string of the molecule is COc1cccc(C2Oc3cccc(OC(F)F)c3-c3ccc(NS(=O)(=O)c4ccccc4F)cc32)c1. The van der Waals surface area contributed by atoms with Crippen LogP contribution in [0.25, 0.3) is 11.1 Å². The highest BCUT2D eigenvalue weighted by Gasteiger charge is 2.31. The fraction of sp³-hybridized carbons (Fsp3) is 0.111. The Kier molecular flexibility index (Phi) is 6.43. The minimum atomic E-state index is -4.26. The topological polar surface area (TPSA) is 73.9 Å². The highest BCUT2D eigenvalue weighted by molar-refractivity contribution is 7.92. The Balaban J connectivity index is 1.64. The zero-order valence-corrected chi connectivity index (χ0v) is 20.1. The van der Waals surface area contributed by atoms with Crippen LogP contribution in [0.4, 0.5) is 18.9 Å². The van der Waals surface area contributed by atoms with Gasteiger partial charge in [0.15, 0.2) is 0 Å². The molecule has 6 nitrogen and oxygen atoms in total. The van der Waals surface area contributed by atoms with E-state index in [1.54, 1.807) is 42.5 Å². The van der Waals surface area contributed by atoms with Crippen LogP contribution in [-0.4, -0.2) is 22.1 Å². The molecule has 190 valence electrons. The van der Waals surface area contributed by atoms with Crippen molar-refractivity contribution in [2.45, 2.75) is 17.6 Å². The van der Waals surface area contributed by atoms with E-state index >= 15 is 0 Å². The Morgan fingerprint density at radius 3 is 2.49 bits per heavy atom. The first kappa shape index (κ1) is 24.5. The Morgan fingerprint density at radius 2 is 1.73 bits per heavy atom. The van der Waals surface area contributed by atoms with Crippen molar-refractivity contribution >= 4 is 15.7 Å². The van der Waals surface area contributed by atoms with Crippen LogP contribution in [-0.2, 0) is 10.0 Å². The molecule has 1 N–H and O–H groups in total. The van der Waals surface area contributed by atoms with Gasteiger partial charge < -0.3 is 14.2 Å². The standard InChI is InChI=1S/C27H20F3NO5S/c1-34-18-7-4-6-16(14-18)26-20-15-17(31-37(32,33)24-11-3-2-8-21(24)28)12-13-19(20)25-22(35-26)9-5-10-23(25)36-27(29)30/h2-15,26-27,31H,1H3. The van der Waals surface area contributed by atoms with E-state index in [0.717, 1.165) is 12.1 Å². The molecular weight excluding hydrogens is 507 g/mol. The molecule has 1 aliphatic rings. The number of sulfonamides is 1. The normalized spacial score (nSPS) is 14.4. The molecule has 0 saturated heterocycles. The lowest BCUT2D eigenvalue weighted by atomic mass is 9.88. The summed E-state index contributed by atoms with van der Waals surface area (Å²) in [5.74, 6) is -0.0939. The highest BCUT2D eigenvalue weighted by atomic mass is 32.2. The summed E-state index contributed by atoms with van der Waals surface area (Å²) in [7, 11) is -2.74. The predicted octanol–water partition coefficient (Wildman–Crippen LogP) is 6.39. The van der Waals surface area contributed by atoms with Crippen molar-refractivity contribution in [2.75, 3.05) is 11.8 Å². The van der Waals surface area contributed by atoms with Crippen LogP contribution in [0.15, 0.2) is 89.8 Å². The maximum absolute atomic E-state index is 14.2. The molecule has 4 aromatic carbocycles. The first-order chi connectivity index (χ1) is 17.8. The highest BCUT2D eigenvalue weighted by Crippen LogP contribution is 2.50. The Bertz CT molecular complexity index is 1580. The lowest BCUT2D eigenvalue weighted by Crippen LogP contribution is -2.18. The summed E-state index contributed by atoms with van der Waals surface area (Å²) in [6.45, 7) is -3.06. The minimum Gasteiger partial charge on any atom is -0.497 e. The summed E-state index contributed by atoms with van der Waals surface area (Å²) in [5.41, 5.74) is 2.12. The van der Waals surface area contributed by atoms with Crippen LogP contribution >= 0.6 is 0 Å². The molecule has 1 aliphatic heterocycles. The van der Waals surface area contributed by atoms with Crippen LogP contribution in [0, 0.1) is 5.82 Å². The van der Waals surface area contributed by atoms with E-state index in [1.165, 1.54) is 37.4 Å². The number of rotatable bonds is 7. The molecule has 4 aromatic rings. The van der Waals surface area contributed by atoms with Crippen molar-refractivity contribution in [2.24, 2.45) is 0 Å². The number of hydrogen-bond donors (Lipinski definition) is 1. The van der Waals surface area contributed by atoms with Gasteiger partial charge >= 0.3 is 6.61 Å². The summed E-state index contributed by atoms with van der Waals surface area (Å²) in [6.07, 6.45) is -0.739. The minimum absolute atomic E-state index is 0.0856. The molecule has 1 atom stereocenters. The number of fused-ring (bicyclic) bond motifs is 3. The van der Waals surface area contributed by atoms with Gasteiger partial charge in [0.1, 0.15) is 34.1 Å². The summed E-state index contributed by atoms with van der Waals surface area (Å²) in [6, 6.07) is 21.3. The van der Waals surface area contributed by atoms with Gasteiger partial charge in [-0.25, -0.2) is 12.8 Å². The number of halogens is 3. The third-order valence-electron chi connectivity index (χ3n) is 5.83. The molecule has 0 spiro atoms. The summed E-state index contributed by atoms with van der Waals surface area (Å²) >= 11 is 0. The Labute approximate surface area is 211 Å². The average molecular weight is 528 g/mol. The van der Waals surface area contributed by atoms with Crippen molar-refractivity contribution in [3.05, 3.63) is 102 Å². The number of alkyl halides is 2. The molecule has 1 heterocycles. The molecule has 0 bridgehead atoms. The summed E-state index contributed by atoms with van der Waals surface area (Å²) in [4.78, 5) is -0.508. The van der Waals surface area contributed by atoms with Crippen LogP contribution in [0.2, 0.25) is 0 Å². The quantitative estimate of drug-likeness (QED) is 0.302. The number of hydrogen-bond acceptors (Lipinski definition) is 5. The number of ether oxygens (including phenoxy) is 3. The van der Waals surface area contributed by atoms with Crippen molar-refractivity contribution < 1.29 is 35.8 Å². The van der Waals surface area contributed by atoms with Gasteiger partial charge in [-0.05, 0) is 54.1 Å². The van der Waals surface area contributed by atoms with E-state index in [4.69, 9.17) is 14.2 Å². The van der Waals surface area contributed by atoms with Gasteiger partial charge in [-0.3, -0.25) is 4.72 Å². The zero-order chi connectivity index (χ0) is 26.2. The fourth-order valence-corrected chi connectivity index (χ4v) is 5.38. The third-order valence-corrected chi connectivity index (χ3v) is 7.24. The van der Waals surface area contributed by atoms with E-state index in [2.05, 4.69) is 4.72 Å². The Hall–Kier alpha value is -4.18. The molecule has 37 heavy (non-hydrogen) atoms. The zero-order valence-electron chi connectivity index (χ0n) is 19.3. The third kappa shape index (κ3) is 4.79. The van der Waals surface area contributed by atoms with Gasteiger partial charge in [0.05, 0.1) is 12.7 Å². The second-order valence-electron chi connectivity index (χ2n) is 8.12. The summed E-state index contributed by atoms with van der Waals surface area (Å²) < 4.78 is 85.0. The lowest BCUT2D eigenvalue weighted by Gasteiger charge is -2.31. The molecular formula is C27H20F3NO5S. The molecule has 10 heteroatoms. The van der Waals surface area contributed by atoms with Crippen molar-refractivity contribution in [3.8, 4) is 28.4 Å². The van der Waals surface area contributed by atoms with E-state index in [0.29, 0.717) is 33.8 Å². The van der Waals surface area contributed by atoms with Crippen LogP contribution in [0.3, 0.4) is 0 Å². The first-order valence-electron chi connectivity index (χ1n) is 11.1. The van der Waals surface area contributed by atoms with Gasteiger partial charge in [-0.15, -0.1) is 0 Å². The van der Waals surface area contributed by atoms with Crippen LogP contribution < -0.4 is 18.9 Å². The second kappa shape index (κ2) is 9.70. The van der Waals surface area contributed by atoms with Crippen LogP contribution in [0.1, 0.15) is 17.2 Å². The average Bonchev–Trinajstić information content (AvgIpc) is 2.88. The molecule has 0 saturated carbocycles. The molecule has 5 rings (SSSR count). The number of nitrogens with one attached hydrogen (secondary N) is 1. The predicted molar refractivity (Wildman–Crippen MR) is 131 cm³/mol. The molecule has 0 amide bonds. The van der Waals surface area contributed by atoms with E-state index < -0.39 is 33.5 Å². The molecule has 1 unspecified atom stereocenters. The largest absolute Gasteiger partial charge is 0.497 e. The van der Waals surface area contributed by atoms with Crippen molar-refractivity contribution in [1.82, 2.24) is 0 Å². The maximum Gasteiger partial charge on any atom is 0.387 e. The molecule has 0 aromatic heterocycles. The van der Waals surface area contributed by atoms with Crippen molar-refractivity contribution in [1.29, 1.82) is 0 Å². The fourth-order valence-electron chi connectivity index (χ4n) is 4.26. The van der Waals surface area contributed by atoms with Gasteiger partial charge in [0.2, 0.25) is 0 Å². The van der Waals surface area contributed by atoms with E-state index in [1.807, 2.05) is 0 Å². The molecule has 0 fully saturated rings. The number of methoxy groups -OCH3 is 1. The smallest absolute Gasteiger partial charge is 0.387 e. The second-order valence-corrected chi connectivity index (χ2v) is 9.77. The summed E-state index contributed by atoms with van der Waals surface area (Å²) in [5, 5.41) is 0. The van der Waals surface area contributed by atoms with Gasteiger partial charge in [-0.2, -0.15) is 8.78 Å². The van der Waals surface area contributed by atoms with E-state index in [9.17, 15) is 21.6 Å². The number of benzene rings is 4.